The first-order valence-corrected chi connectivity index (χ1v) is 5.12. The summed E-state index contributed by atoms with van der Waals surface area (Å²) >= 11 is 0. The molecule has 0 aliphatic carbocycles. The van der Waals surface area contributed by atoms with Gasteiger partial charge in [0.15, 0.2) is 0 Å². The van der Waals surface area contributed by atoms with Gasteiger partial charge < -0.3 is 15.2 Å². The van der Waals surface area contributed by atoms with Gasteiger partial charge in [0, 0.05) is 26.4 Å². The first-order valence-electron chi connectivity index (χ1n) is 5.12. The van der Waals surface area contributed by atoms with E-state index in [2.05, 4.69) is 6.92 Å². The number of nitrogens with two attached hydrogens (primary N) is 1. The van der Waals surface area contributed by atoms with Crippen molar-refractivity contribution >= 4 is 0 Å². The van der Waals surface area contributed by atoms with Crippen LogP contribution in [0.4, 0.5) is 0 Å². The molecular weight excluding hydrogens is 166 g/mol. The number of hydrogen-bond acceptors (Lipinski definition) is 3. The van der Waals surface area contributed by atoms with Crippen LogP contribution < -0.4 is 5.73 Å². The second-order valence-corrected chi connectivity index (χ2v) is 3.89. The molecule has 1 rings (SSSR count). The van der Waals surface area contributed by atoms with Gasteiger partial charge >= 0.3 is 0 Å². The summed E-state index contributed by atoms with van der Waals surface area (Å²) in [7, 11) is 1.73. The van der Waals surface area contributed by atoms with Crippen LogP contribution in [0.15, 0.2) is 0 Å². The molecule has 1 saturated heterocycles. The lowest BCUT2D eigenvalue weighted by molar-refractivity contribution is 0.0669. The van der Waals surface area contributed by atoms with Crippen molar-refractivity contribution in [1.29, 1.82) is 0 Å². The van der Waals surface area contributed by atoms with E-state index in [4.69, 9.17) is 15.2 Å². The topological polar surface area (TPSA) is 44.5 Å². The molecule has 3 unspecified atom stereocenters. The Morgan fingerprint density at radius 2 is 2.38 bits per heavy atom. The fourth-order valence-corrected chi connectivity index (χ4v) is 1.77. The number of hydrogen-bond donors (Lipinski definition) is 1. The van der Waals surface area contributed by atoms with Crippen LogP contribution >= 0.6 is 0 Å². The minimum atomic E-state index is 0.178. The van der Waals surface area contributed by atoms with Gasteiger partial charge in [-0.3, -0.25) is 0 Å². The minimum Gasteiger partial charge on any atom is -0.385 e. The Morgan fingerprint density at radius 3 is 2.92 bits per heavy atom. The van der Waals surface area contributed by atoms with E-state index in [1.54, 1.807) is 7.11 Å². The summed E-state index contributed by atoms with van der Waals surface area (Å²) < 4.78 is 10.6. The highest BCUT2D eigenvalue weighted by atomic mass is 16.5. The lowest BCUT2D eigenvalue weighted by atomic mass is 9.93. The van der Waals surface area contributed by atoms with Crippen LogP contribution in [0, 0.1) is 5.92 Å². The van der Waals surface area contributed by atoms with Gasteiger partial charge in [0.2, 0.25) is 0 Å². The van der Waals surface area contributed by atoms with Gasteiger partial charge in [-0.25, -0.2) is 0 Å². The summed E-state index contributed by atoms with van der Waals surface area (Å²) in [5.41, 5.74) is 6.08. The Bertz CT molecular complexity index is 135. The Kier molecular flexibility index (Phi) is 4.70. The Labute approximate surface area is 80.6 Å². The zero-order chi connectivity index (χ0) is 9.68. The molecular formula is C10H21NO2. The molecule has 13 heavy (non-hydrogen) atoms. The van der Waals surface area contributed by atoms with Crippen LogP contribution in [0.5, 0.6) is 0 Å². The molecule has 3 nitrogen and oxygen atoms in total. The molecule has 3 heteroatoms. The van der Waals surface area contributed by atoms with Crippen LogP contribution in [-0.4, -0.2) is 32.5 Å². The third-order valence-electron chi connectivity index (χ3n) is 2.83. The van der Waals surface area contributed by atoms with E-state index >= 15 is 0 Å². The van der Waals surface area contributed by atoms with Gasteiger partial charge in [0.05, 0.1) is 6.10 Å². The quantitative estimate of drug-likeness (QED) is 0.702. The molecule has 1 aliphatic heterocycles. The summed E-state index contributed by atoms with van der Waals surface area (Å²) in [4.78, 5) is 0. The van der Waals surface area contributed by atoms with Crippen molar-refractivity contribution in [3.8, 4) is 0 Å². The molecule has 1 heterocycles. The largest absolute Gasteiger partial charge is 0.385 e. The second-order valence-electron chi connectivity index (χ2n) is 3.89. The van der Waals surface area contributed by atoms with E-state index in [1.807, 2.05) is 0 Å². The summed E-state index contributed by atoms with van der Waals surface area (Å²) in [5, 5.41) is 0. The number of rotatable bonds is 5. The summed E-state index contributed by atoms with van der Waals surface area (Å²) in [6.45, 7) is 3.85. The van der Waals surface area contributed by atoms with Crippen molar-refractivity contribution in [2.75, 3.05) is 20.3 Å². The predicted octanol–water partition coefficient (Wildman–Crippen LogP) is 1.17. The van der Waals surface area contributed by atoms with Gasteiger partial charge in [0.1, 0.15) is 0 Å². The van der Waals surface area contributed by atoms with Gasteiger partial charge in [-0.1, -0.05) is 6.92 Å². The molecule has 0 amide bonds. The molecule has 0 bridgehead atoms. The first-order chi connectivity index (χ1) is 6.25. The zero-order valence-electron chi connectivity index (χ0n) is 8.66. The smallest absolute Gasteiger partial charge is 0.0729 e. The molecule has 0 radical (unpaired) electrons. The van der Waals surface area contributed by atoms with Gasteiger partial charge in [0.25, 0.3) is 0 Å². The fourth-order valence-electron chi connectivity index (χ4n) is 1.77. The average molecular weight is 187 g/mol. The Hall–Kier alpha value is -0.120. The van der Waals surface area contributed by atoms with Crippen molar-refractivity contribution in [3.63, 3.8) is 0 Å². The van der Waals surface area contributed by atoms with Crippen LogP contribution in [0.2, 0.25) is 0 Å². The highest BCUT2D eigenvalue weighted by molar-refractivity contribution is 4.81. The lowest BCUT2D eigenvalue weighted by Gasteiger charge is -2.24. The molecule has 2 N–H and O–H groups in total. The number of methoxy groups -OCH3 is 1. The van der Waals surface area contributed by atoms with E-state index in [1.165, 1.54) is 0 Å². The standard InChI is InChI=1S/C10H21NO2/c1-8(5-7-12-2)10(11)9-4-3-6-13-9/h8-10H,3-7,11H2,1-2H3. The Morgan fingerprint density at radius 1 is 1.62 bits per heavy atom. The summed E-state index contributed by atoms with van der Waals surface area (Å²) in [5.74, 6) is 0.489. The van der Waals surface area contributed by atoms with Gasteiger partial charge in [-0.05, 0) is 25.2 Å². The Balaban J connectivity index is 2.23. The highest BCUT2D eigenvalue weighted by Crippen LogP contribution is 2.20. The number of ether oxygens (including phenoxy) is 2. The predicted molar refractivity (Wildman–Crippen MR) is 52.6 cm³/mol. The molecule has 0 saturated carbocycles. The zero-order valence-corrected chi connectivity index (χ0v) is 8.66. The van der Waals surface area contributed by atoms with E-state index in [9.17, 15) is 0 Å². The van der Waals surface area contributed by atoms with E-state index in [0.29, 0.717) is 5.92 Å². The molecule has 0 spiro atoms. The molecule has 1 fully saturated rings. The summed E-state index contributed by atoms with van der Waals surface area (Å²) in [6.07, 6.45) is 3.60. The maximum Gasteiger partial charge on any atom is 0.0729 e. The second kappa shape index (κ2) is 5.58. The first kappa shape index (κ1) is 11.0. The maximum absolute atomic E-state index is 6.08. The molecule has 3 atom stereocenters. The van der Waals surface area contributed by atoms with Crippen molar-refractivity contribution in [2.24, 2.45) is 11.7 Å². The monoisotopic (exact) mass is 187 g/mol. The summed E-state index contributed by atoms with van der Waals surface area (Å²) in [6, 6.07) is 0.178. The third kappa shape index (κ3) is 3.25. The molecule has 0 aromatic rings. The maximum atomic E-state index is 6.08. The average Bonchev–Trinajstić information content (AvgIpc) is 2.65. The van der Waals surface area contributed by atoms with Crippen LogP contribution in [0.3, 0.4) is 0 Å². The van der Waals surface area contributed by atoms with Crippen LogP contribution in [0.1, 0.15) is 26.2 Å². The SMILES string of the molecule is COCCC(C)C(N)C1CCCO1. The van der Waals surface area contributed by atoms with Gasteiger partial charge in [-0.15, -0.1) is 0 Å². The van der Waals surface area contributed by atoms with Crippen LogP contribution in [0.25, 0.3) is 0 Å². The van der Waals surface area contributed by atoms with E-state index in [0.717, 1.165) is 32.5 Å². The third-order valence-corrected chi connectivity index (χ3v) is 2.83. The van der Waals surface area contributed by atoms with Crippen LogP contribution in [-0.2, 0) is 9.47 Å². The lowest BCUT2D eigenvalue weighted by Crippen LogP contribution is -2.40. The van der Waals surface area contributed by atoms with E-state index < -0.39 is 0 Å². The van der Waals surface area contributed by atoms with Crippen molar-refractivity contribution in [2.45, 2.75) is 38.3 Å². The van der Waals surface area contributed by atoms with E-state index in [-0.39, 0.29) is 12.1 Å². The molecule has 0 aromatic heterocycles. The van der Waals surface area contributed by atoms with Gasteiger partial charge in [-0.2, -0.15) is 0 Å². The van der Waals surface area contributed by atoms with Crippen molar-refractivity contribution < 1.29 is 9.47 Å². The minimum absolute atomic E-state index is 0.178. The van der Waals surface area contributed by atoms with Crippen molar-refractivity contribution in [3.05, 3.63) is 0 Å². The van der Waals surface area contributed by atoms with Crippen molar-refractivity contribution in [1.82, 2.24) is 0 Å². The molecule has 1 aliphatic rings. The fraction of sp³-hybridized carbons (Fsp3) is 1.00. The molecule has 0 aromatic carbocycles. The normalized spacial score (nSPS) is 27.5. The molecule has 78 valence electrons. The highest BCUT2D eigenvalue weighted by Gasteiger charge is 2.26.